The molecule has 1 rings (SSSR count). The molecular formula is C15H24N2O2. The Hall–Kier alpha value is -1.55. The smallest absolute Gasteiger partial charge is 0.236 e. The Morgan fingerprint density at radius 2 is 2.05 bits per heavy atom. The summed E-state index contributed by atoms with van der Waals surface area (Å²) in [4.78, 5) is 13.5. The Kier molecular flexibility index (Phi) is 6.97. The molecule has 0 bridgehead atoms. The molecule has 0 aliphatic heterocycles. The summed E-state index contributed by atoms with van der Waals surface area (Å²) in [6.07, 6.45) is 1.02. The van der Waals surface area contributed by atoms with E-state index in [1.165, 1.54) is 0 Å². The van der Waals surface area contributed by atoms with Crippen LogP contribution in [0.15, 0.2) is 30.3 Å². The van der Waals surface area contributed by atoms with Crippen LogP contribution in [0.5, 0.6) is 5.75 Å². The van der Waals surface area contributed by atoms with Crippen LogP contribution in [0.2, 0.25) is 0 Å². The van der Waals surface area contributed by atoms with E-state index >= 15 is 0 Å². The summed E-state index contributed by atoms with van der Waals surface area (Å²) in [5.41, 5.74) is 0. The number of ether oxygens (including phenoxy) is 1. The fourth-order valence-corrected chi connectivity index (χ4v) is 1.48. The average molecular weight is 264 g/mol. The standard InChI is InChI=1S/C15H24N2O2/c1-4-13(2)16-12-15(18)17(3)10-11-19-14-8-6-5-7-9-14/h5-9,13,16H,4,10-12H2,1-3H3. The zero-order valence-corrected chi connectivity index (χ0v) is 12.1. The van der Waals surface area contributed by atoms with E-state index in [-0.39, 0.29) is 5.91 Å². The van der Waals surface area contributed by atoms with Gasteiger partial charge in [0.2, 0.25) is 5.91 Å². The predicted molar refractivity (Wildman–Crippen MR) is 77.3 cm³/mol. The van der Waals surface area contributed by atoms with E-state index in [1.54, 1.807) is 11.9 Å². The number of para-hydroxylation sites is 1. The van der Waals surface area contributed by atoms with Crippen molar-refractivity contribution in [2.75, 3.05) is 26.7 Å². The lowest BCUT2D eigenvalue weighted by Crippen LogP contribution is -2.40. The number of amides is 1. The summed E-state index contributed by atoms with van der Waals surface area (Å²) in [7, 11) is 1.80. The van der Waals surface area contributed by atoms with Crippen LogP contribution in [0.3, 0.4) is 0 Å². The van der Waals surface area contributed by atoms with Gasteiger partial charge < -0.3 is 15.0 Å². The second kappa shape index (κ2) is 8.53. The minimum atomic E-state index is 0.0944. The Morgan fingerprint density at radius 3 is 2.68 bits per heavy atom. The number of carbonyl (C=O) groups is 1. The molecular weight excluding hydrogens is 240 g/mol. The van der Waals surface area contributed by atoms with Gasteiger partial charge in [-0.3, -0.25) is 4.79 Å². The maximum atomic E-state index is 11.8. The highest BCUT2D eigenvalue weighted by atomic mass is 16.5. The van der Waals surface area contributed by atoms with Crippen molar-refractivity contribution in [1.82, 2.24) is 10.2 Å². The molecule has 1 amide bonds. The fraction of sp³-hybridized carbons (Fsp3) is 0.533. The second-order valence-corrected chi connectivity index (χ2v) is 4.67. The van der Waals surface area contributed by atoms with E-state index < -0.39 is 0 Å². The largest absolute Gasteiger partial charge is 0.492 e. The van der Waals surface area contributed by atoms with E-state index in [4.69, 9.17) is 4.74 Å². The monoisotopic (exact) mass is 264 g/mol. The number of likely N-dealkylation sites (N-methyl/N-ethyl adjacent to an activating group) is 1. The number of hydrogen-bond donors (Lipinski definition) is 1. The molecule has 1 aromatic rings. The van der Waals surface area contributed by atoms with Crippen molar-refractivity contribution in [3.8, 4) is 5.75 Å². The van der Waals surface area contributed by atoms with Crippen LogP contribution in [0.1, 0.15) is 20.3 Å². The molecule has 0 spiro atoms. The van der Waals surface area contributed by atoms with Gasteiger partial charge in [-0.1, -0.05) is 25.1 Å². The Balaban J connectivity index is 2.19. The Labute approximate surface area is 115 Å². The van der Waals surface area contributed by atoms with Gasteiger partial charge in [-0.05, 0) is 25.5 Å². The van der Waals surface area contributed by atoms with Crippen LogP contribution >= 0.6 is 0 Å². The first-order valence-electron chi connectivity index (χ1n) is 6.78. The molecule has 1 unspecified atom stereocenters. The first kappa shape index (κ1) is 15.5. The van der Waals surface area contributed by atoms with Gasteiger partial charge in [-0.15, -0.1) is 0 Å². The minimum Gasteiger partial charge on any atom is -0.492 e. The van der Waals surface area contributed by atoms with Gasteiger partial charge in [-0.2, -0.15) is 0 Å². The van der Waals surface area contributed by atoms with Crippen LogP contribution in [0.4, 0.5) is 0 Å². The molecule has 19 heavy (non-hydrogen) atoms. The minimum absolute atomic E-state index is 0.0944. The van der Waals surface area contributed by atoms with E-state index in [2.05, 4.69) is 19.2 Å². The number of benzene rings is 1. The fourth-order valence-electron chi connectivity index (χ4n) is 1.48. The molecule has 1 atom stereocenters. The normalized spacial score (nSPS) is 11.9. The van der Waals surface area contributed by atoms with Gasteiger partial charge in [0.1, 0.15) is 12.4 Å². The predicted octanol–water partition coefficient (Wildman–Crippen LogP) is 1.91. The molecule has 0 fully saturated rings. The van der Waals surface area contributed by atoms with Crippen LogP contribution in [0.25, 0.3) is 0 Å². The van der Waals surface area contributed by atoms with Crippen LogP contribution in [-0.4, -0.2) is 43.6 Å². The molecule has 1 aromatic carbocycles. The molecule has 4 heteroatoms. The van der Waals surface area contributed by atoms with Crippen LogP contribution in [0, 0.1) is 0 Å². The molecule has 106 valence electrons. The highest BCUT2D eigenvalue weighted by Gasteiger charge is 2.09. The summed E-state index contributed by atoms with van der Waals surface area (Å²) < 4.78 is 5.56. The van der Waals surface area contributed by atoms with Crippen molar-refractivity contribution < 1.29 is 9.53 Å². The first-order chi connectivity index (χ1) is 9.13. The topological polar surface area (TPSA) is 41.6 Å². The summed E-state index contributed by atoms with van der Waals surface area (Å²) in [5, 5.41) is 3.19. The van der Waals surface area contributed by atoms with Gasteiger partial charge in [-0.25, -0.2) is 0 Å². The third-order valence-corrected chi connectivity index (χ3v) is 3.08. The van der Waals surface area contributed by atoms with E-state index in [1.807, 2.05) is 30.3 Å². The van der Waals surface area contributed by atoms with E-state index in [9.17, 15) is 4.79 Å². The lowest BCUT2D eigenvalue weighted by Gasteiger charge is -2.19. The lowest BCUT2D eigenvalue weighted by atomic mass is 10.2. The van der Waals surface area contributed by atoms with Gasteiger partial charge in [0.25, 0.3) is 0 Å². The molecule has 0 saturated carbocycles. The Morgan fingerprint density at radius 1 is 1.37 bits per heavy atom. The van der Waals surface area contributed by atoms with Gasteiger partial charge >= 0.3 is 0 Å². The number of rotatable bonds is 8. The molecule has 0 heterocycles. The van der Waals surface area contributed by atoms with Gasteiger partial charge in [0.05, 0.1) is 13.1 Å². The maximum Gasteiger partial charge on any atom is 0.236 e. The molecule has 4 nitrogen and oxygen atoms in total. The number of hydrogen-bond acceptors (Lipinski definition) is 3. The second-order valence-electron chi connectivity index (χ2n) is 4.67. The lowest BCUT2D eigenvalue weighted by molar-refractivity contribution is -0.129. The maximum absolute atomic E-state index is 11.8. The SMILES string of the molecule is CCC(C)NCC(=O)N(C)CCOc1ccccc1. The van der Waals surface area contributed by atoms with Gasteiger partial charge in [0.15, 0.2) is 0 Å². The highest BCUT2D eigenvalue weighted by Crippen LogP contribution is 2.07. The van der Waals surface area contributed by atoms with Crippen LogP contribution < -0.4 is 10.1 Å². The van der Waals surface area contributed by atoms with Crippen molar-refractivity contribution in [1.29, 1.82) is 0 Å². The number of carbonyl (C=O) groups excluding carboxylic acids is 1. The van der Waals surface area contributed by atoms with Crippen molar-refractivity contribution in [2.24, 2.45) is 0 Å². The van der Waals surface area contributed by atoms with E-state index in [0.717, 1.165) is 12.2 Å². The molecule has 0 aliphatic carbocycles. The number of nitrogens with zero attached hydrogens (tertiary/aromatic N) is 1. The third-order valence-electron chi connectivity index (χ3n) is 3.08. The van der Waals surface area contributed by atoms with Crippen molar-refractivity contribution in [3.05, 3.63) is 30.3 Å². The first-order valence-corrected chi connectivity index (χ1v) is 6.78. The van der Waals surface area contributed by atoms with Crippen molar-refractivity contribution in [2.45, 2.75) is 26.3 Å². The summed E-state index contributed by atoms with van der Waals surface area (Å²) in [6.45, 7) is 5.66. The third kappa shape index (κ3) is 6.25. The Bertz CT molecular complexity index is 368. The molecule has 0 radical (unpaired) electrons. The molecule has 0 saturated heterocycles. The average Bonchev–Trinajstić information content (AvgIpc) is 2.45. The van der Waals surface area contributed by atoms with Crippen molar-refractivity contribution in [3.63, 3.8) is 0 Å². The molecule has 0 aliphatic rings. The molecule has 1 N–H and O–H groups in total. The quantitative estimate of drug-likeness (QED) is 0.780. The summed E-state index contributed by atoms with van der Waals surface area (Å²) in [6, 6.07) is 10.0. The number of nitrogens with one attached hydrogen (secondary N) is 1. The molecule has 0 aromatic heterocycles. The summed E-state index contributed by atoms with van der Waals surface area (Å²) >= 11 is 0. The zero-order chi connectivity index (χ0) is 14.1. The highest BCUT2D eigenvalue weighted by molar-refractivity contribution is 5.77. The summed E-state index contributed by atoms with van der Waals surface area (Å²) in [5.74, 6) is 0.929. The van der Waals surface area contributed by atoms with E-state index in [0.29, 0.717) is 25.7 Å². The van der Waals surface area contributed by atoms with Crippen LogP contribution in [-0.2, 0) is 4.79 Å². The zero-order valence-electron chi connectivity index (χ0n) is 12.1. The van der Waals surface area contributed by atoms with Gasteiger partial charge in [0, 0.05) is 13.1 Å². The van der Waals surface area contributed by atoms with Crippen molar-refractivity contribution >= 4 is 5.91 Å².